The van der Waals surface area contributed by atoms with E-state index in [4.69, 9.17) is 14.2 Å². The Morgan fingerprint density at radius 2 is 1.68 bits per heavy atom. The molecule has 4 aliphatic heterocycles. The molecule has 5 heteroatoms. The van der Waals surface area contributed by atoms with Crippen LogP contribution in [0.3, 0.4) is 0 Å². The summed E-state index contributed by atoms with van der Waals surface area (Å²) in [5, 5.41) is 0. The van der Waals surface area contributed by atoms with Gasteiger partial charge in [0.25, 0.3) is 0 Å². The highest BCUT2D eigenvalue weighted by atomic mass is 16.6. The third kappa shape index (κ3) is 2.43. The minimum Gasteiger partial charge on any atom is -0.381 e. The van der Waals surface area contributed by atoms with Crippen molar-refractivity contribution in [3.8, 4) is 0 Å². The highest BCUT2D eigenvalue weighted by Crippen LogP contribution is 2.30. The molecule has 0 radical (unpaired) electrons. The molecule has 4 heterocycles. The monoisotopic (exact) mass is 268 g/mol. The van der Waals surface area contributed by atoms with Crippen LogP contribution in [-0.4, -0.2) is 87.7 Å². The summed E-state index contributed by atoms with van der Waals surface area (Å²) in [5.41, 5.74) is 0. The summed E-state index contributed by atoms with van der Waals surface area (Å²) in [6.07, 6.45) is 0.842. The third-order valence-electron chi connectivity index (χ3n) is 5.04. The molecule has 0 bridgehead atoms. The quantitative estimate of drug-likeness (QED) is 0.685. The summed E-state index contributed by atoms with van der Waals surface area (Å²) in [5.74, 6) is 1.52. The molecule has 108 valence electrons. The molecule has 0 spiro atoms. The molecule has 0 amide bonds. The number of nitrogens with zero attached hydrogens (tertiary/aromatic N) is 2. The van der Waals surface area contributed by atoms with E-state index in [1.807, 2.05) is 0 Å². The van der Waals surface area contributed by atoms with E-state index >= 15 is 0 Å². The zero-order chi connectivity index (χ0) is 12.8. The molecule has 5 nitrogen and oxygen atoms in total. The lowest BCUT2D eigenvalue weighted by Crippen LogP contribution is -2.47. The fourth-order valence-electron chi connectivity index (χ4n) is 4.05. The van der Waals surface area contributed by atoms with Crippen molar-refractivity contribution in [2.24, 2.45) is 11.8 Å². The van der Waals surface area contributed by atoms with Crippen molar-refractivity contribution in [2.45, 2.75) is 18.3 Å². The van der Waals surface area contributed by atoms with Gasteiger partial charge in [-0.25, -0.2) is 0 Å². The standard InChI is InChI=1S/C14H24N2O3/c1-15-5-13-14(6-15)19-12(9-18-13)4-16-2-10-7-17-8-11(10)3-16/h10-14H,2-9H2,1H3/t10-,11+,12?,13-,14+/m1/s1. The molecule has 0 aromatic heterocycles. The van der Waals surface area contributed by atoms with Gasteiger partial charge in [0.2, 0.25) is 0 Å². The number of likely N-dealkylation sites (tertiary alicyclic amines) is 2. The van der Waals surface area contributed by atoms with Crippen LogP contribution in [0.25, 0.3) is 0 Å². The van der Waals surface area contributed by atoms with Gasteiger partial charge in [-0.05, 0) is 7.05 Å². The van der Waals surface area contributed by atoms with Gasteiger partial charge in [-0.3, -0.25) is 4.90 Å². The van der Waals surface area contributed by atoms with Crippen molar-refractivity contribution in [3.63, 3.8) is 0 Å². The molecule has 0 aromatic rings. The van der Waals surface area contributed by atoms with E-state index in [1.165, 1.54) is 13.1 Å². The maximum absolute atomic E-state index is 6.23. The molecule has 0 N–H and O–H groups in total. The van der Waals surface area contributed by atoms with E-state index in [1.54, 1.807) is 0 Å². The second kappa shape index (κ2) is 4.97. The molecule has 4 aliphatic rings. The lowest BCUT2D eigenvalue weighted by atomic mass is 10.0. The van der Waals surface area contributed by atoms with E-state index < -0.39 is 0 Å². The molecule has 0 saturated carbocycles. The van der Waals surface area contributed by atoms with Gasteiger partial charge in [0.05, 0.1) is 38.1 Å². The van der Waals surface area contributed by atoms with Crippen LogP contribution in [0.2, 0.25) is 0 Å². The number of likely N-dealkylation sites (N-methyl/N-ethyl adjacent to an activating group) is 1. The smallest absolute Gasteiger partial charge is 0.0981 e. The van der Waals surface area contributed by atoms with Crippen LogP contribution in [0.1, 0.15) is 0 Å². The Kier molecular flexibility index (Phi) is 3.28. The Bertz CT molecular complexity index is 329. The molecule has 19 heavy (non-hydrogen) atoms. The van der Waals surface area contributed by atoms with E-state index in [0.29, 0.717) is 6.10 Å². The summed E-state index contributed by atoms with van der Waals surface area (Å²) in [4.78, 5) is 4.85. The first-order valence-corrected chi connectivity index (χ1v) is 7.53. The van der Waals surface area contributed by atoms with Gasteiger partial charge < -0.3 is 19.1 Å². The zero-order valence-corrected chi connectivity index (χ0v) is 11.7. The molecule has 4 saturated heterocycles. The first kappa shape index (κ1) is 12.5. The lowest BCUT2D eigenvalue weighted by Gasteiger charge is -2.34. The van der Waals surface area contributed by atoms with Crippen LogP contribution < -0.4 is 0 Å². The van der Waals surface area contributed by atoms with Crippen LogP contribution in [-0.2, 0) is 14.2 Å². The minimum atomic E-state index is 0.257. The normalized spacial score (nSPS) is 47.5. The Labute approximate surface area is 114 Å². The molecule has 0 aliphatic carbocycles. The van der Waals surface area contributed by atoms with Crippen molar-refractivity contribution in [2.75, 3.05) is 59.6 Å². The van der Waals surface area contributed by atoms with Gasteiger partial charge >= 0.3 is 0 Å². The maximum Gasteiger partial charge on any atom is 0.0981 e. The summed E-state index contributed by atoms with van der Waals surface area (Å²) in [7, 11) is 2.14. The van der Waals surface area contributed by atoms with Crippen molar-refractivity contribution in [1.82, 2.24) is 9.80 Å². The lowest BCUT2D eigenvalue weighted by molar-refractivity contribution is -0.165. The Morgan fingerprint density at radius 3 is 2.47 bits per heavy atom. The van der Waals surface area contributed by atoms with Crippen molar-refractivity contribution in [3.05, 3.63) is 0 Å². The van der Waals surface area contributed by atoms with Gasteiger partial charge in [0.1, 0.15) is 0 Å². The number of rotatable bonds is 2. The Morgan fingerprint density at radius 1 is 0.947 bits per heavy atom. The van der Waals surface area contributed by atoms with Crippen molar-refractivity contribution >= 4 is 0 Å². The second-order valence-corrected chi connectivity index (χ2v) is 6.67. The first-order chi connectivity index (χ1) is 9.28. The van der Waals surface area contributed by atoms with Crippen LogP contribution >= 0.6 is 0 Å². The molecular formula is C14H24N2O3. The van der Waals surface area contributed by atoms with Gasteiger partial charge in [0.15, 0.2) is 0 Å². The predicted molar refractivity (Wildman–Crippen MR) is 70.1 cm³/mol. The first-order valence-electron chi connectivity index (χ1n) is 7.53. The summed E-state index contributed by atoms with van der Waals surface area (Å²) in [6, 6.07) is 0. The van der Waals surface area contributed by atoms with E-state index in [2.05, 4.69) is 16.8 Å². The summed E-state index contributed by atoms with van der Waals surface area (Å²) in [6.45, 7) is 8.09. The summed E-state index contributed by atoms with van der Waals surface area (Å²) < 4.78 is 17.7. The van der Waals surface area contributed by atoms with Crippen LogP contribution in [0.15, 0.2) is 0 Å². The topological polar surface area (TPSA) is 34.2 Å². The number of hydrogen-bond acceptors (Lipinski definition) is 5. The molecular weight excluding hydrogens is 244 g/mol. The fourth-order valence-corrected chi connectivity index (χ4v) is 4.05. The Balaban J connectivity index is 1.30. The number of fused-ring (bicyclic) bond motifs is 2. The van der Waals surface area contributed by atoms with Crippen LogP contribution in [0.5, 0.6) is 0 Å². The highest BCUT2D eigenvalue weighted by molar-refractivity contribution is 4.91. The molecule has 5 atom stereocenters. The van der Waals surface area contributed by atoms with Crippen LogP contribution in [0.4, 0.5) is 0 Å². The average Bonchev–Trinajstić information content (AvgIpc) is 3.01. The number of ether oxygens (including phenoxy) is 3. The zero-order valence-electron chi connectivity index (χ0n) is 11.7. The van der Waals surface area contributed by atoms with E-state index in [-0.39, 0.29) is 12.2 Å². The van der Waals surface area contributed by atoms with Gasteiger partial charge in [-0.2, -0.15) is 0 Å². The van der Waals surface area contributed by atoms with E-state index in [9.17, 15) is 0 Å². The molecule has 0 aromatic carbocycles. The largest absolute Gasteiger partial charge is 0.381 e. The average molecular weight is 268 g/mol. The minimum absolute atomic E-state index is 0.257. The molecule has 1 unspecified atom stereocenters. The SMILES string of the molecule is CN1C[C@@H]2OC(CN3C[C@H]4COC[C@H]4C3)CO[C@@H]2C1. The second-order valence-electron chi connectivity index (χ2n) is 6.67. The van der Waals surface area contributed by atoms with Crippen molar-refractivity contribution in [1.29, 1.82) is 0 Å². The Hall–Kier alpha value is -0.200. The van der Waals surface area contributed by atoms with Crippen LogP contribution in [0, 0.1) is 11.8 Å². The molecule has 4 fully saturated rings. The van der Waals surface area contributed by atoms with E-state index in [0.717, 1.165) is 51.3 Å². The van der Waals surface area contributed by atoms with Crippen molar-refractivity contribution < 1.29 is 14.2 Å². The third-order valence-corrected chi connectivity index (χ3v) is 5.04. The van der Waals surface area contributed by atoms with Gasteiger partial charge in [0, 0.05) is 44.6 Å². The van der Waals surface area contributed by atoms with Gasteiger partial charge in [-0.1, -0.05) is 0 Å². The maximum atomic E-state index is 6.23. The molecule has 4 rings (SSSR count). The van der Waals surface area contributed by atoms with Gasteiger partial charge in [-0.15, -0.1) is 0 Å². The summed E-state index contributed by atoms with van der Waals surface area (Å²) >= 11 is 0. The number of hydrogen-bond donors (Lipinski definition) is 0. The highest BCUT2D eigenvalue weighted by Gasteiger charge is 2.41. The fraction of sp³-hybridized carbons (Fsp3) is 1.00. The predicted octanol–water partition coefficient (Wildman–Crippen LogP) is -0.337.